The Kier molecular flexibility index (Phi) is 8.66. The number of amides is 3. The summed E-state index contributed by atoms with van der Waals surface area (Å²) in [6.07, 6.45) is 0.800. The van der Waals surface area contributed by atoms with E-state index < -0.39 is 17.2 Å². The minimum absolute atomic E-state index is 0.114. The van der Waals surface area contributed by atoms with E-state index in [0.29, 0.717) is 22.6 Å². The van der Waals surface area contributed by atoms with E-state index in [2.05, 4.69) is 34.4 Å². The van der Waals surface area contributed by atoms with Gasteiger partial charge in [0.2, 0.25) is 5.91 Å². The molecular weight excluding hydrogens is 390 g/mol. The van der Waals surface area contributed by atoms with Crippen LogP contribution in [0.25, 0.3) is 10.9 Å². The van der Waals surface area contributed by atoms with E-state index in [-0.39, 0.29) is 5.56 Å². The number of rotatable bonds is 9. The van der Waals surface area contributed by atoms with Gasteiger partial charge in [0.05, 0.1) is 16.2 Å². The molecular formula is C20H29N5O3S. The lowest BCUT2D eigenvalue weighted by Crippen LogP contribution is -2.41. The predicted molar refractivity (Wildman–Crippen MR) is 116 cm³/mol. The zero-order valence-electron chi connectivity index (χ0n) is 17.4. The van der Waals surface area contributed by atoms with Crippen LogP contribution in [0.1, 0.15) is 27.2 Å². The van der Waals surface area contributed by atoms with Gasteiger partial charge in [-0.15, -0.1) is 0 Å². The number of hydrogen-bond acceptors (Lipinski definition) is 6. The van der Waals surface area contributed by atoms with E-state index in [4.69, 9.17) is 0 Å². The number of nitrogens with zero attached hydrogens (tertiary/aromatic N) is 3. The maximum atomic E-state index is 13.1. The Labute approximate surface area is 175 Å². The third-order valence-corrected chi connectivity index (χ3v) is 5.78. The number of urea groups is 1. The van der Waals surface area contributed by atoms with Crippen molar-refractivity contribution < 1.29 is 9.59 Å². The van der Waals surface area contributed by atoms with Gasteiger partial charge in [-0.25, -0.2) is 9.78 Å². The molecule has 0 fully saturated rings. The van der Waals surface area contributed by atoms with Crippen molar-refractivity contribution in [2.24, 2.45) is 0 Å². The number of para-hydroxylation sites is 1. The van der Waals surface area contributed by atoms with Gasteiger partial charge >= 0.3 is 6.03 Å². The van der Waals surface area contributed by atoms with Crippen molar-refractivity contribution in [1.29, 1.82) is 0 Å². The van der Waals surface area contributed by atoms with Crippen LogP contribution in [0.5, 0.6) is 0 Å². The van der Waals surface area contributed by atoms with E-state index in [9.17, 15) is 14.4 Å². The van der Waals surface area contributed by atoms with Crippen molar-refractivity contribution in [2.75, 3.05) is 26.7 Å². The van der Waals surface area contributed by atoms with Crippen LogP contribution in [-0.4, -0.2) is 58.3 Å². The molecule has 0 aliphatic heterocycles. The highest BCUT2D eigenvalue weighted by atomic mass is 32.2. The monoisotopic (exact) mass is 419 g/mol. The Bertz CT molecular complexity index is 911. The smallest absolute Gasteiger partial charge is 0.321 e. The van der Waals surface area contributed by atoms with Crippen LogP contribution in [0.3, 0.4) is 0 Å². The molecule has 1 aromatic carbocycles. The maximum Gasteiger partial charge on any atom is 0.321 e. The largest absolute Gasteiger partial charge is 0.341 e. The molecule has 0 saturated carbocycles. The molecule has 2 aromatic rings. The van der Waals surface area contributed by atoms with Crippen molar-refractivity contribution >= 4 is 34.6 Å². The normalized spacial score (nSPS) is 12.2. The summed E-state index contributed by atoms with van der Waals surface area (Å²) < 4.78 is 1.64. The topological polar surface area (TPSA) is 96.3 Å². The van der Waals surface area contributed by atoms with Crippen LogP contribution in [-0.2, 0) is 11.3 Å². The highest BCUT2D eigenvalue weighted by molar-refractivity contribution is 8.00. The molecule has 1 aromatic heterocycles. The molecule has 29 heavy (non-hydrogen) atoms. The Balaban J connectivity index is 2.29. The Morgan fingerprint density at radius 3 is 2.59 bits per heavy atom. The van der Waals surface area contributed by atoms with Crippen LogP contribution in [0, 0.1) is 0 Å². The number of benzene rings is 1. The summed E-state index contributed by atoms with van der Waals surface area (Å²) in [5.74, 6) is -0.438. The van der Waals surface area contributed by atoms with Gasteiger partial charge < -0.3 is 10.2 Å². The molecule has 1 heterocycles. The van der Waals surface area contributed by atoms with Crippen molar-refractivity contribution in [1.82, 2.24) is 25.1 Å². The predicted octanol–water partition coefficient (Wildman–Crippen LogP) is 2.06. The fraction of sp³-hybridized carbons (Fsp3) is 0.500. The standard InChI is InChI=1S/C20H29N5O3S/c1-5-24(6-2)12-9-13-25-18(27)15-10-7-8-11-16(15)22-20(25)29-14(3)17(26)23-19(28)21-4/h7-8,10-11,14H,5-6,9,12-13H2,1-4H3,(H2,21,23,26,28)/t14-/m1/s1. The summed E-state index contributed by atoms with van der Waals surface area (Å²) in [5, 5.41) is 5.06. The quantitative estimate of drug-likeness (QED) is 0.477. The van der Waals surface area contributed by atoms with Crippen molar-refractivity contribution in [3.63, 3.8) is 0 Å². The minimum Gasteiger partial charge on any atom is -0.341 e. The van der Waals surface area contributed by atoms with Gasteiger partial charge in [-0.05, 0) is 45.1 Å². The second-order valence-corrected chi connectivity index (χ2v) is 7.89. The number of thioether (sulfide) groups is 1. The van der Waals surface area contributed by atoms with Gasteiger partial charge in [0.15, 0.2) is 5.16 Å². The minimum atomic E-state index is -0.589. The summed E-state index contributed by atoms with van der Waals surface area (Å²) in [7, 11) is 1.44. The van der Waals surface area contributed by atoms with Crippen molar-refractivity contribution in [3.05, 3.63) is 34.6 Å². The van der Waals surface area contributed by atoms with Crippen molar-refractivity contribution in [3.8, 4) is 0 Å². The molecule has 0 unspecified atom stereocenters. The zero-order valence-corrected chi connectivity index (χ0v) is 18.2. The average molecular weight is 420 g/mol. The number of nitrogens with one attached hydrogen (secondary N) is 2. The molecule has 0 spiro atoms. The first-order chi connectivity index (χ1) is 13.9. The molecule has 1 atom stereocenters. The van der Waals surface area contributed by atoms with Gasteiger partial charge in [0, 0.05) is 13.6 Å². The fourth-order valence-corrected chi connectivity index (χ4v) is 3.85. The third kappa shape index (κ3) is 6.04. The van der Waals surface area contributed by atoms with E-state index in [1.807, 2.05) is 12.1 Å². The third-order valence-electron chi connectivity index (χ3n) is 4.69. The number of imide groups is 1. The lowest BCUT2D eigenvalue weighted by Gasteiger charge is -2.19. The second kappa shape index (κ2) is 11.0. The first kappa shape index (κ1) is 22.9. The number of carbonyl (C=O) groups excluding carboxylic acids is 2. The molecule has 0 radical (unpaired) electrons. The van der Waals surface area contributed by atoms with Crippen LogP contribution in [0.2, 0.25) is 0 Å². The SMILES string of the molecule is CCN(CC)CCCn1c(S[C@H](C)C(=O)NC(=O)NC)nc2ccccc2c1=O. The van der Waals surface area contributed by atoms with Crippen LogP contribution >= 0.6 is 11.8 Å². The molecule has 0 bridgehead atoms. The number of carbonyl (C=O) groups is 2. The summed E-state index contributed by atoms with van der Waals surface area (Å²) in [4.78, 5) is 43.6. The van der Waals surface area contributed by atoms with Crippen LogP contribution in [0.15, 0.2) is 34.2 Å². The molecule has 3 amide bonds. The maximum absolute atomic E-state index is 13.1. The number of aromatic nitrogens is 2. The molecule has 9 heteroatoms. The Hall–Kier alpha value is -2.39. The lowest BCUT2D eigenvalue weighted by molar-refractivity contribution is -0.119. The highest BCUT2D eigenvalue weighted by Crippen LogP contribution is 2.23. The molecule has 158 valence electrons. The van der Waals surface area contributed by atoms with E-state index in [1.54, 1.807) is 23.6 Å². The fourth-order valence-electron chi connectivity index (χ4n) is 2.91. The van der Waals surface area contributed by atoms with Gasteiger partial charge in [0.25, 0.3) is 5.56 Å². The Morgan fingerprint density at radius 2 is 1.93 bits per heavy atom. The second-order valence-electron chi connectivity index (χ2n) is 6.58. The van der Waals surface area contributed by atoms with Crippen LogP contribution in [0.4, 0.5) is 4.79 Å². The van der Waals surface area contributed by atoms with E-state index in [1.165, 1.54) is 18.8 Å². The summed E-state index contributed by atoms with van der Waals surface area (Å²) >= 11 is 1.18. The van der Waals surface area contributed by atoms with E-state index in [0.717, 1.165) is 26.1 Å². The van der Waals surface area contributed by atoms with Crippen LogP contribution < -0.4 is 16.2 Å². The highest BCUT2D eigenvalue weighted by Gasteiger charge is 2.20. The molecule has 2 N–H and O–H groups in total. The molecule has 2 rings (SSSR count). The number of fused-ring (bicyclic) bond motifs is 1. The van der Waals surface area contributed by atoms with Gasteiger partial charge in [-0.1, -0.05) is 37.7 Å². The number of hydrogen-bond donors (Lipinski definition) is 2. The van der Waals surface area contributed by atoms with Gasteiger partial charge in [0.1, 0.15) is 0 Å². The summed E-state index contributed by atoms with van der Waals surface area (Å²) in [6.45, 7) is 9.22. The average Bonchev–Trinajstić information content (AvgIpc) is 2.72. The molecule has 8 nitrogen and oxygen atoms in total. The van der Waals surface area contributed by atoms with Gasteiger partial charge in [-0.2, -0.15) is 0 Å². The van der Waals surface area contributed by atoms with Gasteiger partial charge in [-0.3, -0.25) is 19.5 Å². The summed E-state index contributed by atoms with van der Waals surface area (Å²) in [5.41, 5.74) is 0.482. The molecule has 0 aliphatic rings. The lowest BCUT2D eigenvalue weighted by atomic mass is 10.2. The Morgan fingerprint density at radius 1 is 1.24 bits per heavy atom. The summed E-state index contributed by atoms with van der Waals surface area (Å²) in [6, 6.07) is 6.64. The first-order valence-corrected chi connectivity index (χ1v) is 10.7. The van der Waals surface area contributed by atoms with E-state index >= 15 is 0 Å². The molecule has 0 saturated heterocycles. The first-order valence-electron chi connectivity index (χ1n) is 9.82. The molecule has 0 aliphatic carbocycles. The zero-order chi connectivity index (χ0) is 21.4. The van der Waals surface area contributed by atoms with Crippen molar-refractivity contribution in [2.45, 2.75) is 44.1 Å².